The number of thioether (sulfide) groups is 1. The number of hydrogen-bond donors (Lipinski definition) is 2. The molecule has 0 aliphatic carbocycles. The number of carboxylic acids is 1. The van der Waals surface area contributed by atoms with Crippen LogP contribution in [0, 0.1) is 0 Å². The number of carbonyl (C=O) groups excluding carboxylic acids is 2. The van der Waals surface area contributed by atoms with Gasteiger partial charge in [0, 0.05) is 0 Å². The molecule has 2 amide bonds. The van der Waals surface area contributed by atoms with Crippen molar-refractivity contribution in [2.45, 2.75) is 19.4 Å². The number of nitrogens with zero attached hydrogens (tertiary/aromatic N) is 1. The molecule has 1 saturated heterocycles. The highest BCUT2D eigenvalue weighted by molar-refractivity contribution is 8.26. The largest absolute Gasteiger partial charge is 0.496 e. The predicted molar refractivity (Wildman–Crippen MR) is 124 cm³/mol. The summed E-state index contributed by atoms with van der Waals surface area (Å²) in [5.74, 6) is -1.33. The molecule has 1 aliphatic heterocycles. The average Bonchev–Trinajstić information content (AvgIpc) is 3.04. The lowest BCUT2D eigenvalue weighted by Gasteiger charge is -2.16. The smallest absolute Gasteiger partial charge is 0.344 e. The van der Waals surface area contributed by atoms with E-state index in [-0.39, 0.29) is 9.88 Å². The number of carboxylic acid groups (broad SMARTS) is 1. The Labute approximate surface area is 194 Å². The molecule has 0 spiro atoms. The molecule has 2 aromatic carbocycles. The van der Waals surface area contributed by atoms with E-state index in [1.807, 2.05) is 0 Å². The molecular weight excluding hydrogens is 452 g/mol. The highest BCUT2D eigenvalue weighted by Crippen LogP contribution is 2.32. The summed E-state index contributed by atoms with van der Waals surface area (Å²) in [6.45, 7) is 1.72. The second-order valence-electron chi connectivity index (χ2n) is 6.58. The van der Waals surface area contributed by atoms with Crippen LogP contribution in [0.3, 0.4) is 0 Å². The number of hydrazine groups is 1. The van der Waals surface area contributed by atoms with Crippen LogP contribution in [-0.4, -0.2) is 45.4 Å². The maximum Gasteiger partial charge on any atom is 0.344 e. The SMILES string of the molecule is CCC(Oc1cccc(/C=C2/SC(=S)N(NC(=O)c3ccccc3OC)C2=O)c1)C(=O)O. The van der Waals surface area contributed by atoms with E-state index in [2.05, 4.69) is 5.43 Å². The summed E-state index contributed by atoms with van der Waals surface area (Å²) in [5, 5.41) is 10.2. The van der Waals surface area contributed by atoms with Crippen molar-refractivity contribution in [3.63, 3.8) is 0 Å². The summed E-state index contributed by atoms with van der Waals surface area (Å²) in [6.07, 6.45) is 0.946. The van der Waals surface area contributed by atoms with Gasteiger partial charge in [0.1, 0.15) is 11.5 Å². The Bertz CT molecular complexity index is 1100. The minimum Gasteiger partial charge on any atom is -0.496 e. The van der Waals surface area contributed by atoms with E-state index in [0.717, 1.165) is 16.8 Å². The third-order valence-electron chi connectivity index (χ3n) is 4.44. The molecule has 2 aromatic rings. The van der Waals surface area contributed by atoms with Gasteiger partial charge in [-0.2, -0.15) is 5.01 Å². The van der Waals surface area contributed by atoms with Crippen molar-refractivity contribution in [3.8, 4) is 11.5 Å². The summed E-state index contributed by atoms with van der Waals surface area (Å²) in [5.41, 5.74) is 3.40. The van der Waals surface area contributed by atoms with Crippen LogP contribution in [0.4, 0.5) is 0 Å². The Morgan fingerprint density at radius 1 is 1.25 bits per heavy atom. The molecule has 0 saturated carbocycles. The van der Waals surface area contributed by atoms with Gasteiger partial charge in [0.2, 0.25) is 0 Å². The van der Waals surface area contributed by atoms with Gasteiger partial charge in [-0.05, 0) is 54.5 Å². The average molecular weight is 473 g/mol. The first-order valence-corrected chi connectivity index (χ1v) is 10.8. The zero-order valence-electron chi connectivity index (χ0n) is 17.2. The van der Waals surface area contributed by atoms with Crippen molar-refractivity contribution < 1.29 is 29.0 Å². The van der Waals surface area contributed by atoms with Crippen LogP contribution in [-0.2, 0) is 9.59 Å². The van der Waals surface area contributed by atoms with Crippen LogP contribution < -0.4 is 14.9 Å². The van der Waals surface area contributed by atoms with E-state index < -0.39 is 23.9 Å². The number of para-hydroxylation sites is 1. The van der Waals surface area contributed by atoms with Crippen LogP contribution in [0.2, 0.25) is 0 Å². The third kappa shape index (κ3) is 5.27. The fourth-order valence-electron chi connectivity index (χ4n) is 2.86. The third-order valence-corrected chi connectivity index (χ3v) is 5.74. The monoisotopic (exact) mass is 472 g/mol. The number of aliphatic carboxylic acids is 1. The van der Waals surface area contributed by atoms with Crippen LogP contribution in [0.5, 0.6) is 11.5 Å². The summed E-state index contributed by atoms with van der Waals surface area (Å²) in [6, 6.07) is 13.3. The lowest BCUT2D eigenvalue weighted by Crippen LogP contribution is -2.44. The van der Waals surface area contributed by atoms with Crippen LogP contribution in [0.1, 0.15) is 29.3 Å². The molecule has 1 heterocycles. The molecule has 0 radical (unpaired) electrons. The van der Waals surface area contributed by atoms with Gasteiger partial charge in [-0.1, -0.05) is 43.0 Å². The first-order chi connectivity index (χ1) is 15.3. The van der Waals surface area contributed by atoms with E-state index in [1.165, 1.54) is 7.11 Å². The number of thiocarbonyl (C=S) groups is 1. The van der Waals surface area contributed by atoms with Crippen LogP contribution in [0.25, 0.3) is 6.08 Å². The summed E-state index contributed by atoms with van der Waals surface area (Å²) in [4.78, 5) is 37.0. The normalized spacial score (nSPS) is 15.6. The first kappa shape index (κ1) is 23.3. The van der Waals surface area contributed by atoms with Crippen molar-refractivity contribution >= 4 is 52.2 Å². The Kier molecular flexibility index (Phi) is 7.49. The lowest BCUT2D eigenvalue weighted by atomic mass is 10.2. The predicted octanol–water partition coefficient (Wildman–Crippen LogP) is 3.48. The topological polar surface area (TPSA) is 105 Å². The zero-order valence-corrected chi connectivity index (χ0v) is 18.9. The van der Waals surface area contributed by atoms with E-state index in [0.29, 0.717) is 28.4 Å². The van der Waals surface area contributed by atoms with Gasteiger partial charge < -0.3 is 14.6 Å². The molecule has 1 aliphatic rings. The van der Waals surface area contributed by atoms with Gasteiger partial charge in [-0.15, -0.1) is 0 Å². The second-order valence-corrected chi connectivity index (χ2v) is 8.26. The Morgan fingerprint density at radius 2 is 2.00 bits per heavy atom. The van der Waals surface area contributed by atoms with Gasteiger partial charge in [0.15, 0.2) is 10.4 Å². The maximum absolute atomic E-state index is 12.8. The Hall–Kier alpha value is -3.37. The Morgan fingerprint density at radius 3 is 2.69 bits per heavy atom. The Balaban J connectivity index is 1.76. The number of hydrogen-bond acceptors (Lipinski definition) is 7. The lowest BCUT2D eigenvalue weighted by molar-refractivity contribution is -0.145. The maximum atomic E-state index is 12.8. The standard InChI is InChI=1S/C22H20N2O6S2/c1-3-16(21(27)28)30-14-8-6-7-13(11-14)12-18-20(26)24(22(31)32-18)23-19(25)15-9-4-5-10-17(15)29-2/h4-12,16H,3H2,1-2H3,(H,23,25)(H,27,28)/b18-12+. The molecular formula is C22H20N2O6S2. The van der Waals surface area contributed by atoms with Gasteiger partial charge >= 0.3 is 5.97 Å². The fraction of sp³-hybridized carbons (Fsp3) is 0.182. The van der Waals surface area contributed by atoms with Crippen molar-refractivity contribution in [3.05, 3.63) is 64.6 Å². The molecule has 10 heteroatoms. The molecule has 1 atom stereocenters. The molecule has 1 unspecified atom stereocenters. The van der Waals surface area contributed by atoms with Crippen LogP contribution in [0.15, 0.2) is 53.4 Å². The van der Waals surface area contributed by atoms with E-state index in [4.69, 9.17) is 26.8 Å². The highest BCUT2D eigenvalue weighted by atomic mass is 32.2. The second kappa shape index (κ2) is 10.3. The molecule has 8 nitrogen and oxygen atoms in total. The number of benzene rings is 2. The van der Waals surface area contributed by atoms with Crippen molar-refractivity contribution in [1.29, 1.82) is 0 Å². The molecule has 0 bridgehead atoms. The van der Waals surface area contributed by atoms with E-state index in [9.17, 15) is 14.4 Å². The number of nitrogens with one attached hydrogen (secondary N) is 1. The quantitative estimate of drug-likeness (QED) is 0.444. The summed E-state index contributed by atoms with van der Waals surface area (Å²) in [7, 11) is 1.45. The molecule has 166 valence electrons. The van der Waals surface area contributed by atoms with Crippen LogP contribution >= 0.6 is 24.0 Å². The highest BCUT2D eigenvalue weighted by Gasteiger charge is 2.34. The van der Waals surface area contributed by atoms with Crippen molar-refractivity contribution in [2.24, 2.45) is 0 Å². The van der Waals surface area contributed by atoms with Crippen molar-refractivity contribution in [1.82, 2.24) is 10.4 Å². The first-order valence-electron chi connectivity index (χ1n) is 9.55. The number of rotatable bonds is 8. The van der Waals surface area contributed by atoms with Gasteiger partial charge in [0.25, 0.3) is 11.8 Å². The number of ether oxygens (including phenoxy) is 2. The minimum absolute atomic E-state index is 0.175. The molecule has 0 aromatic heterocycles. The van der Waals surface area contributed by atoms with Gasteiger partial charge in [-0.25, -0.2) is 4.79 Å². The minimum atomic E-state index is -1.05. The number of methoxy groups -OCH3 is 1. The fourth-order valence-corrected chi connectivity index (χ4v) is 4.04. The molecule has 32 heavy (non-hydrogen) atoms. The molecule has 1 fully saturated rings. The molecule has 2 N–H and O–H groups in total. The van der Waals surface area contributed by atoms with E-state index in [1.54, 1.807) is 61.5 Å². The van der Waals surface area contributed by atoms with E-state index >= 15 is 0 Å². The van der Waals surface area contributed by atoms with Crippen molar-refractivity contribution in [2.75, 3.05) is 7.11 Å². The summed E-state index contributed by atoms with van der Waals surface area (Å²) >= 11 is 6.30. The van der Waals surface area contributed by atoms with Gasteiger partial charge in [-0.3, -0.25) is 15.0 Å². The zero-order chi connectivity index (χ0) is 23.3. The molecule has 3 rings (SSSR count). The van der Waals surface area contributed by atoms with Gasteiger partial charge in [0.05, 0.1) is 17.6 Å². The number of amides is 2. The number of carbonyl (C=O) groups is 3. The summed E-state index contributed by atoms with van der Waals surface area (Å²) < 4.78 is 10.9.